The molecule has 1 N–H and O–H groups in total. The number of nitrogens with one attached hydrogen (secondary N) is 1. The summed E-state index contributed by atoms with van der Waals surface area (Å²) in [5, 5.41) is 6.14. The van der Waals surface area contributed by atoms with Gasteiger partial charge in [0.15, 0.2) is 0 Å². The van der Waals surface area contributed by atoms with Crippen molar-refractivity contribution in [2.75, 3.05) is 14.2 Å². The molecule has 108 valence electrons. The van der Waals surface area contributed by atoms with Crippen LogP contribution < -0.4 is 10.1 Å². The number of aromatic nitrogens is 1. The number of thiophene rings is 1. The Hall–Kier alpha value is -1.10. The summed E-state index contributed by atoms with van der Waals surface area (Å²) in [6, 6.07) is 2.10. The Labute approximate surface area is 129 Å². The van der Waals surface area contributed by atoms with Crippen LogP contribution in [0.4, 0.5) is 0 Å². The van der Waals surface area contributed by atoms with Gasteiger partial charge in [-0.3, -0.25) is 4.98 Å². The van der Waals surface area contributed by atoms with Crippen molar-refractivity contribution >= 4 is 22.9 Å². The first-order chi connectivity index (χ1) is 9.58. The largest absolute Gasteiger partial charge is 0.496 e. The lowest BCUT2D eigenvalue weighted by Crippen LogP contribution is -2.19. The maximum absolute atomic E-state index is 6.23. The fourth-order valence-corrected chi connectivity index (χ4v) is 3.65. The fraction of sp³-hybridized carbons (Fsp3) is 0.400. The quantitative estimate of drug-likeness (QED) is 0.908. The van der Waals surface area contributed by atoms with Gasteiger partial charge in [0, 0.05) is 40.4 Å². The van der Waals surface area contributed by atoms with E-state index in [1.54, 1.807) is 18.4 Å². The summed E-state index contributed by atoms with van der Waals surface area (Å²) in [5.41, 5.74) is 3.20. The number of hydrogen-bond acceptors (Lipinski definition) is 4. The van der Waals surface area contributed by atoms with E-state index in [9.17, 15) is 0 Å². The molecule has 0 amide bonds. The maximum atomic E-state index is 6.23. The van der Waals surface area contributed by atoms with Crippen molar-refractivity contribution in [2.45, 2.75) is 26.3 Å². The number of hydrogen-bond donors (Lipinski definition) is 1. The first-order valence-corrected chi connectivity index (χ1v) is 7.73. The molecule has 0 bridgehead atoms. The molecular weight excluding hydrogens is 292 g/mol. The van der Waals surface area contributed by atoms with Crippen LogP contribution in [0.25, 0.3) is 0 Å². The highest BCUT2D eigenvalue weighted by Gasteiger charge is 2.18. The summed E-state index contributed by atoms with van der Waals surface area (Å²) in [6.07, 6.45) is 2.66. The van der Waals surface area contributed by atoms with Gasteiger partial charge in [0.05, 0.1) is 12.1 Å². The molecular formula is C15H19ClN2OS. The zero-order valence-corrected chi connectivity index (χ0v) is 13.7. The van der Waals surface area contributed by atoms with Gasteiger partial charge in [-0.2, -0.15) is 0 Å². The summed E-state index contributed by atoms with van der Waals surface area (Å²) in [6.45, 7) is 4.06. The second-order valence-electron chi connectivity index (χ2n) is 4.72. The van der Waals surface area contributed by atoms with Gasteiger partial charge in [0.2, 0.25) is 0 Å². The molecule has 0 saturated carbocycles. The molecule has 0 aliphatic rings. The number of ether oxygens (including phenoxy) is 1. The first-order valence-electron chi connectivity index (χ1n) is 6.47. The highest BCUT2D eigenvalue weighted by Crippen LogP contribution is 2.32. The number of halogens is 1. The van der Waals surface area contributed by atoms with Crippen LogP contribution in [0.1, 0.15) is 27.7 Å². The van der Waals surface area contributed by atoms with Gasteiger partial charge < -0.3 is 10.1 Å². The highest BCUT2D eigenvalue weighted by atomic mass is 35.5. The summed E-state index contributed by atoms with van der Waals surface area (Å²) in [5.74, 6) is 0.919. The summed E-state index contributed by atoms with van der Waals surface area (Å²) < 4.78 is 5.46. The Morgan fingerprint density at radius 2 is 2.20 bits per heavy atom. The van der Waals surface area contributed by atoms with Crippen LogP contribution in [0.15, 0.2) is 17.6 Å². The molecule has 3 nitrogen and oxygen atoms in total. The third-order valence-corrected chi connectivity index (χ3v) is 4.93. The monoisotopic (exact) mass is 310 g/mol. The van der Waals surface area contributed by atoms with Crippen LogP contribution in [-0.4, -0.2) is 19.1 Å². The molecule has 20 heavy (non-hydrogen) atoms. The Morgan fingerprint density at radius 3 is 2.75 bits per heavy atom. The van der Waals surface area contributed by atoms with Crippen LogP contribution >= 0.6 is 22.9 Å². The summed E-state index contributed by atoms with van der Waals surface area (Å²) in [7, 11) is 3.65. The third kappa shape index (κ3) is 2.97. The average Bonchev–Trinajstić information content (AvgIpc) is 2.85. The second kappa shape index (κ2) is 6.57. The van der Waals surface area contributed by atoms with Gasteiger partial charge in [-0.25, -0.2) is 0 Å². The molecule has 0 radical (unpaired) electrons. The van der Waals surface area contributed by atoms with E-state index < -0.39 is 0 Å². The molecule has 0 aliphatic heterocycles. The average molecular weight is 311 g/mol. The molecule has 0 fully saturated rings. The smallest absolute Gasteiger partial charge is 0.128 e. The van der Waals surface area contributed by atoms with Gasteiger partial charge in [-0.05, 0) is 32.3 Å². The summed E-state index contributed by atoms with van der Waals surface area (Å²) in [4.78, 5) is 5.70. The van der Waals surface area contributed by atoms with Crippen LogP contribution in [-0.2, 0) is 6.42 Å². The number of methoxy groups -OCH3 is 1. The minimum absolute atomic E-state index is 0.168. The van der Waals surface area contributed by atoms with E-state index in [4.69, 9.17) is 16.3 Å². The lowest BCUT2D eigenvalue weighted by Gasteiger charge is -2.18. The van der Waals surface area contributed by atoms with Gasteiger partial charge in [0.25, 0.3) is 0 Å². The van der Waals surface area contributed by atoms with E-state index in [1.165, 1.54) is 0 Å². The zero-order chi connectivity index (χ0) is 14.7. The fourth-order valence-electron chi connectivity index (χ4n) is 2.35. The molecule has 0 spiro atoms. The SMILES string of the molecule is CNC(Cc1ncc(C)c(OC)c1C)c1sccc1Cl. The molecule has 0 aliphatic carbocycles. The number of rotatable bonds is 5. The van der Waals surface area contributed by atoms with Crippen LogP contribution in [0.2, 0.25) is 5.02 Å². The van der Waals surface area contributed by atoms with Crippen molar-refractivity contribution < 1.29 is 4.74 Å². The Kier molecular flexibility index (Phi) is 5.02. The Bertz CT molecular complexity index is 598. The molecule has 0 aromatic carbocycles. The molecule has 0 saturated heterocycles. The number of nitrogens with zero attached hydrogens (tertiary/aromatic N) is 1. The first kappa shape index (κ1) is 15.3. The molecule has 5 heteroatoms. The number of pyridine rings is 1. The van der Waals surface area contributed by atoms with Gasteiger partial charge in [-0.1, -0.05) is 11.6 Å². The van der Waals surface area contributed by atoms with Crippen molar-refractivity contribution in [2.24, 2.45) is 0 Å². The van der Waals surface area contributed by atoms with Crippen molar-refractivity contribution in [3.8, 4) is 5.75 Å². The standard InChI is InChI=1S/C15H19ClN2OS/c1-9-8-18-12(10(2)14(9)19-4)7-13(17-3)15-11(16)5-6-20-15/h5-6,8,13,17H,7H2,1-4H3. The van der Waals surface area contributed by atoms with E-state index in [2.05, 4.69) is 17.2 Å². The lowest BCUT2D eigenvalue weighted by molar-refractivity contribution is 0.406. The topological polar surface area (TPSA) is 34.2 Å². The predicted octanol–water partition coefficient (Wildman–Crippen LogP) is 3.93. The minimum Gasteiger partial charge on any atom is -0.496 e. The van der Waals surface area contributed by atoms with E-state index in [1.807, 2.05) is 31.6 Å². The zero-order valence-electron chi connectivity index (χ0n) is 12.2. The van der Waals surface area contributed by atoms with E-state index in [0.717, 1.165) is 38.9 Å². The van der Waals surface area contributed by atoms with Crippen LogP contribution in [0, 0.1) is 13.8 Å². The van der Waals surface area contributed by atoms with E-state index >= 15 is 0 Å². The van der Waals surface area contributed by atoms with E-state index in [-0.39, 0.29) is 6.04 Å². The normalized spacial score (nSPS) is 12.4. The minimum atomic E-state index is 0.168. The van der Waals surface area contributed by atoms with Crippen LogP contribution in [0.5, 0.6) is 5.75 Å². The molecule has 2 heterocycles. The molecule has 1 atom stereocenters. The van der Waals surface area contributed by atoms with Crippen molar-refractivity contribution in [1.82, 2.24) is 10.3 Å². The second-order valence-corrected chi connectivity index (χ2v) is 6.08. The summed E-state index contributed by atoms with van der Waals surface area (Å²) >= 11 is 7.90. The Morgan fingerprint density at radius 1 is 1.45 bits per heavy atom. The Balaban J connectivity index is 2.31. The van der Waals surface area contributed by atoms with E-state index in [0.29, 0.717) is 0 Å². The number of aryl methyl sites for hydroxylation is 1. The van der Waals surface area contributed by atoms with Crippen LogP contribution in [0.3, 0.4) is 0 Å². The van der Waals surface area contributed by atoms with Crippen molar-refractivity contribution in [1.29, 1.82) is 0 Å². The molecule has 2 aromatic rings. The van der Waals surface area contributed by atoms with Crippen molar-refractivity contribution in [3.63, 3.8) is 0 Å². The molecule has 2 rings (SSSR count). The number of likely N-dealkylation sites (N-methyl/N-ethyl adjacent to an activating group) is 1. The third-order valence-electron chi connectivity index (χ3n) is 3.46. The lowest BCUT2D eigenvalue weighted by atomic mass is 10.0. The van der Waals surface area contributed by atoms with Gasteiger partial charge in [0.1, 0.15) is 5.75 Å². The predicted molar refractivity (Wildman–Crippen MR) is 85.1 cm³/mol. The van der Waals surface area contributed by atoms with Crippen molar-refractivity contribution in [3.05, 3.63) is 44.4 Å². The maximum Gasteiger partial charge on any atom is 0.128 e. The van der Waals surface area contributed by atoms with Gasteiger partial charge >= 0.3 is 0 Å². The highest BCUT2D eigenvalue weighted by molar-refractivity contribution is 7.10. The molecule has 1 unspecified atom stereocenters. The van der Waals surface area contributed by atoms with Gasteiger partial charge in [-0.15, -0.1) is 11.3 Å². The molecule has 2 aromatic heterocycles.